The Kier molecular flexibility index (Phi) is 8.19. The zero-order valence-corrected chi connectivity index (χ0v) is 20.8. The molecule has 3 fully saturated rings. The predicted molar refractivity (Wildman–Crippen MR) is 133 cm³/mol. The molecule has 1 aromatic carbocycles. The number of rotatable bonds is 12. The number of carbonyl (C=O) groups is 3. The van der Waals surface area contributed by atoms with Crippen LogP contribution >= 0.6 is 11.8 Å². The molecular weight excluding hydrogens is 450 g/mol. The van der Waals surface area contributed by atoms with Gasteiger partial charge in [0.15, 0.2) is 0 Å². The number of thioether (sulfide) groups is 1. The average Bonchev–Trinajstić information content (AvgIpc) is 3.49. The molecule has 2 bridgehead atoms. The molecule has 3 aliphatic rings. The summed E-state index contributed by atoms with van der Waals surface area (Å²) in [6, 6.07) is 9.22. The first kappa shape index (κ1) is 25.0. The number of nitrogens with zero attached hydrogens (tertiary/aromatic N) is 1. The zero-order chi connectivity index (χ0) is 24.1. The lowest BCUT2D eigenvalue weighted by atomic mass is 9.70. The van der Waals surface area contributed by atoms with E-state index >= 15 is 0 Å². The predicted octanol–water partition coefficient (Wildman–Crippen LogP) is 2.47. The fraction of sp³-hybridized carbons (Fsp3) is 0.654. The van der Waals surface area contributed by atoms with Crippen molar-refractivity contribution >= 4 is 29.5 Å². The summed E-state index contributed by atoms with van der Waals surface area (Å²) >= 11 is 1.70. The van der Waals surface area contributed by atoms with Crippen LogP contribution in [0, 0.1) is 11.8 Å². The molecule has 3 saturated heterocycles. The summed E-state index contributed by atoms with van der Waals surface area (Å²) < 4.78 is -0.537. The van der Waals surface area contributed by atoms with Crippen molar-refractivity contribution < 1.29 is 19.5 Å². The fourth-order valence-corrected chi connectivity index (χ4v) is 8.19. The van der Waals surface area contributed by atoms with Gasteiger partial charge in [0.25, 0.3) is 0 Å². The molecule has 8 heteroatoms. The molecule has 1 aromatic rings. The van der Waals surface area contributed by atoms with Crippen LogP contribution in [0.4, 0.5) is 0 Å². The van der Waals surface area contributed by atoms with Gasteiger partial charge in [0.05, 0.1) is 16.6 Å². The van der Waals surface area contributed by atoms with Crippen LogP contribution in [0.3, 0.4) is 0 Å². The van der Waals surface area contributed by atoms with E-state index in [4.69, 9.17) is 0 Å². The Morgan fingerprint density at radius 2 is 1.91 bits per heavy atom. The van der Waals surface area contributed by atoms with E-state index in [2.05, 4.69) is 17.6 Å². The van der Waals surface area contributed by atoms with Crippen LogP contribution in [0.25, 0.3) is 0 Å². The lowest BCUT2D eigenvalue weighted by Crippen LogP contribution is -2.54. The van der Waals surface area contributed by atoms with Crippen molar-refractivity contribution in [2.45, 2.75) is 74.5 Å². The van der Waals surface area contributed by atoms with Crippen LogP contribution in [-0.2, 0) is 20.9 Å². The second kappa shape index (κ2) is 11.1. The normalized spacial score (nSPS) is 29.4. The highest BCUT2D eigenvalue weighted by molar-refractivity contribution is 8.02. The molecule has 3 N–H and O–H groups in total. The van der Waals surface area contributed by atoms with E-state index < -0.39 is 22.6 Å². The van der Waals surface area contributed by atoms with E-state index in [0.29, 0.717) is 32.5 Å². The Labute approximate surface area is 206 Å². The summed E-state index contributed by atoms with van der Waals surface area (Å²) in [6.07, 6.45) is 5.91. The van der Waals surface area contributed by atoms with Gasteiger partial charge in [-0.05, 0) is 37.7 Å². The largest absolute Gasteiger partial charge is 0.396 e. The van der Waals surface area contributed by atoms with Crippen molar-refractivity contribution in [3.05, 3.63) is 35.9 Å². The van der Waals surface area contributed by atoms with Gasteiger partial charge >= 0.3 is 0 Å². The summed E-state index contributed by atoms with van der Waals surface area (Å²) in [5.74, 6) is -1.11. The number of likely N-dealkylation sites (tertiary alicyclic amines) is 1. The number of benzene rings is 1. The van der Waals surface area contributed by atoms with E-state index in [0.717, 1.165) is 37.7 Å². The number of unbranched alkanes of at least 4 members (excludes halogenated alkanes) is 3. The standard InChI is InChI=1S/C26H37N3O4S/c1-2-3-7-14-27-24(32)22-26-13-12-19(34-26)20(21(26)25(33)29(22)15-8-9-16-30)23(31)28-17-18-10-5-4-6-11-18/h4-6,10-11,19-22,30H,2-3,7-9,12-17H2,1H3,(H,27,32)(H,28,31)/t19-,20+,21-,22?,26?/m0/s1. The Morgan fingerprint density at radius 3 is 2.65 bits per heavy atom. The second-order valence-corrected chi connectivity index (χ2v) is 11.3. The Balaban J connectivity index is 1.53. The Hall–Kier alpha value is -2.06. The third kappa shape index (κ3) is 4.71. The number of aliphatic hydroxyl groups is 1. The van der Waals surface area contributed by atoms with Crippen LogP contribution in [0.15, 0.2) is 30.3 Å². The Bertz CT molecular complexity index is 882. The highest BCUT2D eigenvalue weighted by atomic mass is 32.2. The minimum absolute atomic E-state index is 0.0613. The molecule has 3 aliphatic heterocycles. The summed E-state index contributed by atoms with van der Waals surface area (Å²) in [5.41, 5.74) is 1.02. The molecule has 3 amide bonds. The van der Waals surface area contributed by atoms with Crippen molar-refractivity contribution in [1.29, 1.82) is 0 Å². The van der Waals surface area contributed by atoms with Gasteiger partial charge in [-0.25, -0.2) is 0 Å². The number of nitrogens with one attached hydrogen (secondary N) is 2. The van der Waals surface area contributed by atoms with Gasteiger partial charge in [-0.1, -0.05) is 50.1 Å². The smallest absolute Gasteiger partial charge is 0.244 e. The fourth-order valence-electron chi connectivity index (χ4n) is 5.97. The van der Waals surface area contributed by atoms with Crippen molar-refractivity contribution in [3.63, 3.8) is 0 Å². The number of aliphatic hydroxyl groups excluding tert-OH is 1. The molecule has 7 nitrogen and oxygen atoms in total. The molecule has 3 heterocycles. The van der Waals surface area contributed by atoms with E-state index in [1.165, 1.54) is 0 Å². The van der Waals surface area contributed by atoms with E-state index in [-0.39, 0.29) is 29.6 Å². The van der Waals surface area contributed by atoms with Gasteiger partial charge in [0.1, 0.15) is 6.04 Å². The first-order valence-corrected chi connectivity index (χ1v) is 13.6. The summed E-state index contributed by atoms with van der Waals surface area (Å²) in [5, 5.41) is 15.5. The molecular formula is C26H37N3O4S. The Morgan fingerprint density at radius 1 is 1.12 bits per heavy atom. The van der Waals surface area contributed by atoms with Crippen LogP contribution in [0.2, 0.25) is 0 Å². The molecule has 34 heavy (non-hydrogen) atoms. The molecule has 186 valence electrons. The second-order valence-electron chi connectivity index (χ2n) is 9.72. The maximum Gasteiger partial charge on any atom is 0.244 e. The molecule has 4 rings (SSSR count). The van der Waals surface area contributed by atoms with Crippen LogP contribution in [0.5, 0.6) is 0 Å². The van der Waals surface area contributed by atoms with E-state index in [1.54, 1.807) is 16.7 Å². The topological polar surface area (TPSA) is 98.7 Å². The summed E-state index contributed by atoms with van der Waals surface area (Å²) in [7, 11) is 0. The minimum atomic E-state index is -0.549. The molecule has 0 aromatic heterocycles. The molecule has 0 aliphatic carbocycles. The van der Waals surface area contributed by atoms with Crippen molar-refractivity contribution in [1.82, 2.24) is 15.5 Å². The number of hydrogen-bond acceptors (Lipinski definition) is 5. The minimum Gasteiger partial charge on any atom is -0.396 e. The maximum atomic E-state index is 13.7. The lowest BCUT2D eigenvalue weighted by Gasteiger charge is -2.34. The molecule has 0 saturated carbocycles. The first-order valence-electron chi connectivity index (χ1n) is 12.7. The quantitative estimate of drug-likeness (QED) is 0.394. The number of hydrogen-bond donors (Lipinski definition) is 3. The third-order valence-electron chi connectivity index (χ3n) is 7.55. The average molecular weight is 488 g/mol. The molecule has 0 radical (unpaired) electrons. The first-order chi connectivity index (χ1) is 16.5. The third-order valence-corrected chi connectivity index (χ3v) is 9.50. The van der Waals surface area contributed by atoms with Gasteiger partial charge in [-0.2, -0.15) is 0 Å². The van der Waals surface area contributed by atoms with Crippen LogP contribution in [-0.4, -0.2) is 63.5 Å². The van der Waals surface area contributed by atoms with Crippen LogP contribution in [0.1, 0.15) is 57.4 Å². The van der Waals surface area contributed by atoms with Crippen molar-refractivity contribution in [2.75, 3.05) is 19.7 Å². The highest BCUT2D eigenvalue weighted by Crippen LogP contribution is 2.66. The monoisotopic (exact) mass is 487 g/mol. The highest BCUT2D eigenvalue weighted by Gasteiger charge is 2.73. The van der Waals surface area contributed by atoms with E-state index in [1.807, 2.05) is 30.3 Å². The van der Waals surface area contributed by atoms with Gasteiger partial charge < -0.3 is 20.6 Å². The van der Waals surface area contributed by atoms with E-state index in [9.17, 15) is 19.5 Å². The number of fused-ring (bicyclic) bond motifs is 1. The van der Waals surface area contributed by atoms with Gasteiger partial charge in [-0.15, -0.1) is 11.8 Å². The number of amides is 3. The van der Waals surface area contributed by atoms with Gasteiger partial charge in [-0.3, -0.25) is 14.4 Å². The SMILES string of the molecule is CCCCCNC(=O)C1N(CCCCO)C(=O)[C@@H]2[C@H](C(=O)NCc3ccccc3)[C@@H]3CCC12S3. The molecule has 5 atom stereocenters. The lowest BCUT2D eigenvalue weighted by molar-refractivity contribution is -0.140. The van der Waals surface area contributed by atoms with Crippen LogP contribution < -0.4 is 10.6 Å². The summed E-state index contributed by atoms with van der Waals surface area (Å²) in [4.78, 5) is 42.3. The summed E-state index contributed by atoms with van der Waals surface area (Å²) in [6.45, 7) is 3.67. The zero-order valence-electron chi connectivity index (χ0n) is 20.0. The molecule has 1 spiro atoms. The molecule has 2 unspecified atom stereocenters. The van der Waals surface area contributed by atoms with Gasteiger partial charge in [0, 0.05) is 31.5 Å². The number of carbonyl (C=O) groups excluding carboxylic acids is 3. The van der Waals surface area contributed by atoms with Crippen molar-refractivity contribution in [3.8, 4) is 0 Å². The maximum absolute atomic E-state index is 13.7. The van der Waals surface area contributed by atoms with Gasteiger partial charge in [0.2, 0.25) is 17.7 Å². The van der Waals surface area contributed by atoms with Crippen molar-refractivity contribution in [2.24, 2.45) is 11.8 Å².